The van der Waals surface area contributed by atoms with Crippen molar-refractivity contribution in [3.63, 3.8) is 0 Å². The number of hydrogen-bond acceptors (Lipinski definition) is 5. The van der Waals surface area contributed by atoms with Crippen LogP contribution in [-0.4, -0.2) is 47.1 Å². The van der Waals surface area contributed by atoms with Crippen molar-refractivity contribution in [1.29, 1.82) is 0 Å². The Labute approximate surface area is 114 Å². The maximum Gasteiger partial charge on any atom is 0.246 e. The number of nitrogens with zero attached hydrogens (tertiary/aromatic N) is 1. The van der Waals surface area contributed by atoms with Crippen molar-refractivity contribution in [3.05, 3.63) is 17.6 Å². The predicted molar refractivity (Wildman–Crippen MR) is 72.5 cm³/mol. The van der Waals surface area contributed by atoms with Crippen LogP contribution in [0.1, 0.15) is 17.9 Å². The van der Waals surface area contributed by atoms with E-state index in [1.807, 2.05) is 0 Å². The smallest absolute Gasteiger partial charge is 0.246 e. The second-order valence-corrected chi connectivity index (χ2v) is 6.35. The zero-order chi connectivity index (χ0) is 14.5. The van der Waals surface area contributed by atoms with Crippen molar-refractivity contribution >= 4 is 10.0 Å². The van der Waals surface area contributed by atoms with E-state index in [2.05, 4.69) is 5.32 Å². The molecule has 1 rings (SSSR count). The number of methoxy groups -OCH3 is 1. The molecule has 0 aliphatic carbocycles. The molecule has 0 bridgehead atoms. The number of rotatable bonds is 8. The third kappa shape index (κ3) is 4.04. The number of hydrogen-bond donors (Lipinski definition) is 1. The lowest BCUT2D eigenvalue weighted by molar-refractivity contribution is 0.189. The molecule has 0 saturated carbocycles. The van der Waals surface area contributed by atoms with Crippen LogP contribution in [0.4, 0.5) is 0 Å². The van der Waals surface area contributed by atoms with E-state index in [0.29, 0.717) is 37.6 Å². The summed E-state index contributed by atoms with van der Waals surface area (Å²) in [5.41, 5.74) is 0. The molecule has 6 nitrogen and oxygen atoms in total. The first-order valence-corrected chi connectivity index (χ1v) is 7.56. The van der Waals surface area contributed by atoms with Crippen LogP contribution in [0, 0.1) is 6.92 Å². The average molecular weight is 290 g/mol. The van der Waals surface area contributed by atoms with Gasteiger partial charge in [0.25, 0.3) is 0 Å². The molecule has 1 heterocycles. The summed E-state index contributed by atoms with van der Waals surface area (Å²) in [6.07, 6.45) is 0.659. The van der Waals surface area contributed by atoms with Gasteiger partial charge in [-0.25, -0.2) is 12.7 Å². The fraction of sp³-hybridized carbons (Fsp3) is 0.667. The van der Waals surface area contributed by atoms with Crippen molar-refractivity contribution < 1.29 is 17.6 Å². The lowest BCUT2D eigenvalue weighted by Crippen LogP contribution is -2.28. The summed E-state index contributed by atoms with van der Waals surface area (Å²) < 4.78 is 36.4. The van der Waals surface area contributed by atoms with Crippen molar-refractivity contribution in [2.24, 2.45) is 0 Å². The summed E-state index contributed by atoms with van der Waals surface area (Å²) in [6.45, 7) is 3.12. The van der Waals surface area contributed by atoms with Gasteiger partial charge in [0.05, 0.1) is 6.54 Å². The van der Waals surface area contributed by atoms with Gasteiger partial charge in [0, 0.05) is 33.4 Å². The van der Waals surface area contributed by atoms with Crippen LogP contribution in [0.25, 0.3) is 0 Å². The molecule has 0 saturated heterocycles. The van der Waals surface area contributed by atoms with Gasteiger partial charge in [-0.2, -0.15) is 0 Å². The van der Waals surface area contributed by atoms with Gasteiger partial charge in [-0.05, 0) is 20.4 Å². The van der Waals surface area contributed by atoms with Crippen molar-refractivity contribution in [2.75, 3.05) is 34.4 Å². The average Bonchev–Trinajstić information content (AvgIpc) is 2.71. The highest BCUT2D eigenvalue weighted by Crippen LogP contribution is 2.23. The van der Waals surface area contributed by atoms with E-state index in [0.717, 1.165) is 0 Å². The number of sulfonamides is 1. The van der Waals surface area contributed by atoms with Crippen LogP contribution in [-0.2, 0) is 21.3 Å². The van der Waals surface area contributed by atoms with E-state index in [-0.39, 0.29) is 4.90 Å². The summed E-state index contributed by atoms with van der Waals surface area (Å²) >= 11 is 0. The lowest BCUT2D eigenvalue weighted by atomic mass is 10.4. The molecular weight excluding hydrogens is 268 g/mol. The van der Waals surface area contributed by atoms with Gasteiger partial charge >= 0.3 is 0 Å². The third-order valence-electron chi connectivity index (χ3n) is 2.78. The molecule has 110 valence electrons. The molecule has 0 spiro atoms. The largest absolute Gasteiger partial charge is 0.464 e. The number of nitrogens with one attached hydrogen (secondary N) is 1. The molecule has 0 atom stereocenters. The fourth-order valence-electron chi connectivity index (χ4n) is 1.76. The minimum absolute atomic E-state index is 0.234. The first kappa shape index (κ1) is 16.2. The molecule has 19 heavy (non-hydrogen) atoms. The van der Waals surface area contributed by atoms with E-state index in [4.69, 9.17) is 9.15 Å². The van der Waals surface area contributed by atoms with Gasteiger partial charge < -0.3 is 14.5 Å². The second-order valence-electron chi connectivity index (χ2n) is 4.34. The minimum atomic E-state index is -3.49. The summed E-state index contributed by atoms with van der Waals surface area (Å²) in [6, 6.07) is 1.58. The van der Waals surface area contributed by atoms with Gasteiger partial charge in [-0.1, -0.05) is 0 Å². The molecule has 7 heteroatoms. The normalized spacial score (nSPS) is 12.3. The Kier molecular flexibility index (Phi) is 5.99. The van der Waals surface area contributed by atoms with E-state index in [1.54, 1.807) is 34.2 Å². The molecule has 0 amide bonds. The van der Waals surface area contributed by atoms with Crippen LogP contribution in [0.2, 0.25) is 0 Å². The van der Waals surface area contributed by atoms with Crippen molar-refractivity contribution in [3.8, 4) is 0 Å². The Balaban J connectivity index is 2.86. The molecule has 0 fully saturated rings. The van der Waals surface area contributed by atoms with E-state index < -0.39 is 10.0 Å². The molecular formula is C12H22N2O4S. The Morgan fingerprint density at radius 1 is 1.47 bits per heavy atom. The zero-order valence-electron chi connectivity index (χ0n) is 11.9. The van der Waals surface area contributed by atoms with Crippen LogP contribution < -0.4 is 5.32 Å². The second kappa shape index (κ2) is 7.04. The summed E-state index contributed by atoms with van der Waals surface area (Å²) in [5, 5.41) is 2.93. The van der Waals surface area contributed by atoms with Gasteiger partial charge in [-0.15, -0.1) is 0 Å². The van der Waals surface area contributed by atoms with Gasteiger partial charge in [0.15, 0.2) is 0 Å². The minimum Gasteiger partial charge on any atom is -0.464 e. The zero-order valence-corrected chi connectivity index (χ0v) is 12.7. The lowest BCUT2D eigenvalue weighted by Gasteiger charge is -2.16. The Morgan fingerprint density at radius 2 is 2.16 bits per heavy atom. The molecule has 0 radical (unpaired) electrons. The fourth-order valence-corrected chi connectivity index (χ4v) is 3.15. The quantitative estimate of drug-likeness (QED) is 0.722. The van der Waals surface area contributed by atoms with Crippen LogP contribution >= 0.6 is 0 Å². The highest BCUT2D eigenvalue weighted by Gasteiger charge is 2.25. The standard InChI is InChI=1S/C12H22N2O4S/c1-10-12(8-11(18-10)9-13-2)19(15,16)14(3)6-5-7-17-4/h8,13H,5-7,9H2,1-4H3. The summed E-state index contributed by atoms with van der Waals surface area (Å²) in [4.78, 5) is 0.234. The van der Waals surface area contributed by atoms with Crippen LogP contribution in [0.5, 0.6) is 0 Å². The predicted octanol–water partition coefficient (Wildman–Crippen LogP) is 0.964. The van der Waals surface area contributed by atoms with E-state index in [1.165, 1.54) is 4.31 Å². The Morgan fingerprint density at radius 3 is 2.74 bits per heavy atom. The maximum atomic E-state index is 12.4. The molecule has 1 aromatic heterocycles. The summed E-state index contributed by atoms with van der Waals surface area (Å²) in [5.74, 6) is 1.03. The Hall–Kier alpha value is -0.890. The molecule has 0 aliphatic rings. The third-order valence-corrected chi connectivity index (χ3v) is 4.75. The topological polar surface area (TPSA) is 71.8 Å². The molecule has 0 unspecified atom stereocenters. The SMILES string of the molecule is CNCc1cc(S(=O)(=O)N(C)CCCOC)c(C)o1. The van der Waals surface area contributed by atoms with E-state index >= 15 is 0 Å². The van der Waals surface area contributed by atoms with Crippen molar-refractivity contribution in [1.82, 2.24) is 9.62 Å². The first-order valence-electron chi connectivity index (χ1n) is 6.12. The number of aryl methyl sites for hydroxylation is 1. The number of furan rings is 1. The van der Waals surface area contributed by atoms with E-state index in [9.17, 15) is 8.42 Å². The molecule has 0 aromatic carbocycles. The van der Waals surface area contributed by atoms with Crippen LogP contribution in [0.15, 0.2) is 15.4 Å². The maximum absolute atomic E-state index is 12.4. The number of ether oxygens (including phenoxy) is 1. The molecule has 0 aliphatic heterocycles. The highest BCUT2D eigenvalue weighted by molar-refractivity contribution is 7.89. The Bertz CT molecular complexity index is 496. The van der Waals surface area contributed by atoms with Gasteiger partial charge in [-0.3, -0.25) is 0 Å². The van der Waals surface area contributed by atoms with Crippen LogP contribution in [0.3, 0.4) is 0 Å². The van der Waals surface area contributed by atoms with Gasteiger partial charge in [0.1, 0.15) is 16.4 Å². The first-order chi connectivity index (χ1) is 8.93. The summed E-state index contributed by atoms with van der Waals surface area (Å²) in [7, 11) is 1.45. The van der Waals surface area contributed by atoms with Gasteiger partial charge in [0.2, 0.25) is 10.0 Å². The monoisotopic (exact) mass is 290 g/mol. The highest BCUT2D eigenvalue weighted by atomic mass is 32.2. The molecule has 1 N–H and O–H groups in total. The molecule has 1 aromatic rings. The van der Waals surface area contributed by atoms with Crippen molar-refractivity contribution in [2.45, 2.75) is 24.8 Å².